The van der Waals surface area contributed by atoms with E-state index in [-0.39, 0.29) is 11.5 Å². The van der Waals surface area contributed by atoms with Gasteiger partial charge in [-0.3, -0.25) is 4.90 Å². The summed E-state index contributed by atoms with van der Waals surface area (Å²) in [6.45, 7) is 3.02. The molecule has 0 radical (unpaired) electrons. The van der Waals surface area contributed by atoms with Crippen LogP contribution in [-0.2, 0) is 10.0 Å². The topological polar surface area (TPSA) is 86.9 Å². The maximum atomic E-state index is 12.7. The van der Waals surface area contributed by atoms with Crippen LogP contribution in [0.2, 0.25) is 0 Å². The van der Waals surface area contributed by atoms with Gasteiger partial charge in [0, 0.05) is 36.3 Å². The number of sulfonamides is 1. The number of hydrogen-bond acceptors (Lipinski definition) is 5. The van der Waals surface area contributed by atoms with E-state index in [0.717, 1.165) is 13.0 Å². The first-order valence-corrected chi connectivity index (χ1v) is 9.07. The fourth-order valence-corrected chi connectivity index (χ4v) is 4.14. The van der Waals surface area contributed by atoms with Crippen LogP contribution in [0.1, 0.15) is 6.42 Å². The van der Waals surface area contributed by atoms with Gasteiger partial charge in [0.15, 0.2) is 0 Å². The van der Waals surface area contributed by atoms with Crippen LogP contribution in [0.15, 0.2) is 27.6 Å². The Kier molecular flexibility index (Phi) is 5.61. The van der Waals surface area contributed by atoms with Gasteiger partial charge < -0.3 is 10.8 Å². The molecule has 118 valence electrons. The monoisotopic (exact) mass is 377 g/mol. The third-order valence-electron chi connectivity index (χ3n) is 3.57. The molecular formula is C13H20BrN3O3S. The van der Waals surface area contributed by atoms with Crippen molar-refractivity contribution in [1.29, 1.82) is 0 Å². The van der Waals surface area contributed by atoms with Gasteiger partial charge in [0.1, 0.15) is 0 Å². The lowest BCUT2D eigenvalue weighted by atomic mass is 10.3. The van der Waals surface area contributed by atoms with E-state index in [2.05, 4.69) is 20.8 Å². The molecule has 0 bridgehead atoms. The summed E-state index contributed by atoms with van der Waals surface area (Å²) in [5.41, 5.74) is 6.18. The molecule has 6 nitrogen and oxygen atoms in total. The van der Waals surface area contributed by atoms with Gasteiger partial charge in [0.25, 0.3) is 0 Å². The number of β-amino-alcohol motifs (C(OH)–C–C–N with tert-alkyl or cyclic N) is 1. The van der Waals surface area contributed by atoms with E-state index >= 15 is 0 Å². The zero-order valence-electron chi connectivity index (χ0n) is 11.7. The van der Waals surface area contributed by atoms with Gasteiger partial charge in [-0.2, -0.15) is 4.31 Å². The summed E-state index contributed by atoms with van der Waals surface area (Å²) in [7, 11) is -3.52. The highest BCUT2D eigenvalue weighted by Crippen LogP contribution is 2.25. The number of aliphatic hydroxyl groups is 1. The smallest absolute Gasteiger partial charge is 0.243 e. The minimum atomic E-state index is -3.52. The van der Waals surface area contributed by atoms with E-state index in [1.807, 2.05) is 0 Å². The summed E-state index contributed by atoms with van der Waals surface area (Å²) >= 11 is 3.27. The molecule has 0 aliphatic carbocycles. The lowest BCUT2D eigenvalue weighted by Crippen LogP contribution is -2.35. The Morgan fingerprint density at radius 1 is 1.24 bits per heavy atom. The second-order valence-corrected chi connectivity index (χ2v) is 7.80. The lowest BCUT2D eigenvalue weighted by Gasteiger charge is -2.21. The Morgan fingerprint density at radius 2 is 2.00 bits per heavy atom. The molecule has 1 aromatic rings. The van der Waals surface area contributed by atoms with E-state index in [1.165, 1.54) is 10.4 Å². The summed E-state index contributed by atoms with van der Waals surface area (Å²) in [6.07, 6.45) is 0.755. The van der Waals surface area contributed by atoms with Gasteiger partial charge in [-0.15, -0.1) is 0 Å². The Balaban J connectivity index is 2.17. The van der Waals surface area contributed by atoms with E-state index < -0.39 is 10.0 Å². The predicted octanol–water partition coefficient (Wildman–Crippen LogP) is 0.720. The number of nitrogens with zero attached hydrogens (tertiary/aromatic N) is 2. The molecule has 3 N–H and O–H groups in total. The zero-order valence-corrected chi connectivity index (χ0v) is 14.1. The number of hydrogen-bond donors (Lipinski definition) is 2. The quantitative estimate of drug-likeness (QED) is 0.754. The maximum absolute atomic E-state index is 12.7. The molecular weight excluding hydrogens is 358 g/mol. The minimum Gasteiger partial charge on any atom is -0.398 e. The predicted molar refractivity (Wildman–Crippen MR) is 85.5 cm³/mol. The molecule has 1 aliphatic rings. The van der Waals surface area contributed by atoms with E-state index in [0.29, 0.717) is 36.3 Å². The Hall–Kier alpha value is -0.670. The highest BCUT2D eigenvalue weighted by Gasteiger charge is 2.27. The molecule has 0 spiro atoms. The van der Waals surface area contributed by atoms with Crippen LogP contribution >= 0.6 is 15.9 Å². The number of aliphatic hydroxyl groups excluding tert-OH is 1. The first-order chi connectivity index (χ1) is 9.95. The number of nitrogen functional groups attached to an aromatic ring is 1. The van der Waals surface area contributed by atoms with Crippen molar-refractivity contribution < 1.29 is 13.5 Å². The molecule has 0 saturated carbocycles. The highest BCUT2D eigenvalue weighted by molar-refractivity contribution is 9.10. The van der Waals surface area contributed by atoms with Gasteiger partial charge in [0.2, 0.25) is 10.0 Å². The molecule has 1 fully saturated rings. The SMILES string of the molecule is Nc1cc(S(=O)(=O)N2CCCN(CCO)CC2)ccc1Br. The Bertz CT molecular complexity index is 594. The standard InChI is InChI=1S/C13H20BrN3O3S/c14-12-3-2-11(10-13(12)15)21(19,20)17-5-1-4-16(6-7-17)8-9-18/h2-3,10,18H,1,4-9,15H2. The molecule has 8 heteroatoms. The van der Waals surface area contributed by atoms with Crippen molar-refractivity contribution in [1.82, 2.24) is 9.21 Å². The molecule has 2 rings (SSSR count). The van der Waals surface area contributed by atoms with Crippen LogP contribution < -0.4 is 5.73 Å². The van der Waals surface area contributed by atoms with Crippen LogP contribution in [-0.4, -0.2) is 62.1 Å². The van der Waals surface area contributed by atoms with Gasteiger partial charge >= 0.3 is 0 Å². The molecule has 1 heterocycles. The van der Waals surface area contributed by atoms with Crippen molar-refractivity contribution in [2.75, 3.05) is 45.1 Å². The second kappa shape index (κ2) is 7.06. The number of benzene rings is 1. The van der Waals surface area contributed by atoms with Crippen LogP contribution in [0.3, 0.4) is 0 Å². The number of halogens is 1. The van der Waals surface area contributed by atoms with Crippen molar-refractivity contribution >= 4 is 31.6 Å². The average molecular weight is 378 g/mol. The van der Waals surface area contributed by atoms with E-state index in [4.69, 9.17) is 10.8 Å². The molecule has 1 aliphatic heterocycles. The third-order valence-corrected chi connectivity index (χ3v) is 6.19. The van der Waals surface area contributed by atoms with Gasteiger partial charge in [-0.1, -0.05) is 0 Å². The summed E-state index contributed by atoms with van der Waals surface area (Å²) in [5.74, 6) is 0. The molecule has 21 heavy (non-hydrogen) atoms. The summed E-state index contributed by atoms with van der Waals surface area (Å²) in [6, 6.07) is 4.69. The van der Waals surface area contributed by atoms with Crippen LogP contribution in [0.25, 0.3) is 0 Å². The minimum absolute atomic E-state index is 0.0932. The first-order valence-electron chi connectivity index (χ1n) is 6.83. The van der Waals surface area contributed by atoms with Gasteiger partial charge in [-0.25, -0.2) is 8.42 Å². The van der Waals surface area contributed by atoms with Crippen molar-refractivity contribution in [3.8, 4) is 0 Å². The normalized spacial score (nSPS) is 18.6. The maximum Gasteiger partial charge on any atom is 0.243 e. The average Bonchev–Trinajstić information content (AvgIpc) is 2.68. The fourth-order valence-electron chi connectivity index (χ4n) is 2.38. The van der Waals surface area contributed by atoms with Crippen LogP contribution in [0, 0.1) is 0 Å². The molecule has 0 aromatic heterocycles. The van der Waals surface area contributed by atoms with Crippen molar-refractivity contribution in [2.45, 2.75) is 11.3 Å². The number of rotatable bonds is 4. The van der Waals surface area contributed by atoms with Crippen molar-refractivity contribution in [3.05, 3.63) is 22.7 Å². The molecule has 0 atom stereocenters. The highest BCUT2D eigenvalue weighted by atomic mass is 79.9. The second-order valence-electron chi connectivity index (χ2n) is 5.01. The summed E-state index contributed by atoms with van der Waals surface area (Å²) in [4.78, 5) is 2.30. The molecule has 0 amide bonds. The lowest BCUT2D eigenvalue weighted by molar-refractivity contribution is 0.202. The summed E-state index contributed by atoms with van der Waals surface area (Å²) in [5, 5.41) is 8.98. The fraction of sp³-hybridized carbons (Fsp3) is 0.538. The third kappa shape index (κ3) is 3.95. The zero-order chi connectivity index (χ0) is 15.5. The summed E-state index contributed by atoms with van der Waals surface area (Å²) < 4.78 is 27.5. The van der Waals surface area contributed by atoms with Crippen LogP contribution in [0.5, 0.6) is 0 Å². The largest absolute Gasteiger partial charge is 0.398 e. The van der Waals surface area contributed by atoms with Gasteiger partial charge in [0.05, 0.1) is 11.5 Å². The van der Waals surface area contributed by atoms with E-state index in [9.17, 15) is 8.42 Å². The van der Waals surface area contributed by atoms with Gasteiger partial charge in [-0.05, 0) is 47.1 Å². The molecule has 1 aromatic carbocycles. The van der Waals surface area contributed by atoms with E-state index in [1.54, 1.807) is 12.1 Å². The first kappa shape index (κ1) is 16.7. The number of nitrogens with two attached hydrogens (primary N) is 1. The Labute approximate surface area is 133 Å². The number of anilines is 1. The molecule has 1 saturated heterocycles. The van der Waals surface area contributed by atoms with Crippen molar-refractivity contribution in [3.63, 3.8) is 0 Å². The molecule has 0 unspecified atom stereocenters. The van der Waals surface area contributed by atoms with Crippen molar-refractivity contribution in [2.24, 2.45) is 0 Å². The van der Waals surface area contributed by atoms with Crippen LogP contribution in [0.4, 0.5) is 5.69 Å². The Morgan fingerprint density at radius 3 is 2.67 bits per heavy atom.